The van der Waals surface area contributed by atoms with Gasteiger partial charge < -0.3 is 29.9 Å². The van der Waals surface area contributed by atoms with E-state index in [1.807, 2.05) is 25.1 Å². The van der Waals surface area contributed by atoms with Gasteiger partial charge in [0.25, 0.3) is 0 Å². The fourth-order valence-electron chi connectivity index (χ4n) is 5.53. The SMILES string of the molecule is COC(=O)c1cccc(Nc2nc(Nc3ccc(N4CCC(N5CCC5)CC4)c(OC)c3)nc3scc(C)c23)c1. The number of hydrogen-bond donors (Lipinski definition) is 2. The monoisotopic (exact) mass is 558 g/mol. The lowest BCUT2D eigenvalue weighted by Crippen LogP contribution is -2.50. The maximum atomic E-state index is 12.0. The van der Waals surface area contributed by atoms with E-state index in [9.17, 15) is 4.79 Å². The Kier molecular flexibility index (Phi) is 7.44. The van der Waals surface area contributed by atoms with Crippen LogP contribution in [-0.2, 0) is 4.74 Å². The summed E-state index contributed by atoms with van der Waals surface area (Å²) in [5.74, 6) is 1.59. The fraction of sp³-hybridized carbons (Fsp3) is 0.367. The number of anilines is 5. The highest BCUT2D eigenvalue weighted by atomic mass is 32.1. The van der Waals surface area contributed by atoms with Crippen molar-refractivity contribution >= 4 is 56.4 Å². The first-order valence-corrected chi connectivity index (χ1v) is 14.6. The van der Waals surface area contributed by atoms with Crippen molar-refractivity contribution in [3.63, 3.8) is 0 Å². The van der Waals surface area contributed by atoms with Gasteiger partial charge in [0, 0.05) is 36.6 Å². The van der Waals surface area contributed by atoms with Crippen LogP contribution < -0.4 is 20.3 Å². The van der Waals surface area contributed by atoms with Crippen LogP contribution in [0.15, 0.2) is 47.8 Å². The van der Waals surface area contributed by atoms with E-state index < -0.39 is 0 Å². The molecule has 9 nitrogen and oxygen atoms in total. The van der Waals surface area contributed by atoms with E-state index in [1.165, 1.54) is 39.5 Å². The number of ether oxygens (including phenoxy) is 2. The summed E-state index contributed by atoms with van der Waals surface area (Å²) in [7, 11) is 3.10. The summed E-state index contributed by atoms with van der Waals surface area (Å²) in [6, 6.07) is 14.1. The Balaban J connectivity index is 1.23. The number of hydrogen-bond acceptors (Lipinski definition) is 10. The van der Waals surface area contributed by atoms with Gasteiger partial charge >= 0.3 is 5.97 Å². The molecule has 208 valence electrons. The van der Waals surface area contributed by atoms with Gasteiger partial charge in [0.05, 0.1) is 30.9 Å². The number of aromatic nitrogens is 2. The van der Waals surface area contributed by atoms with Crippen molar-refractivity contribution in [1.82, 2.24) is 14.9 Å². The number of nitrogens with one attached hydrogen (secondary N) is 2. The van der Waals surface area contributed by atoms with Gasteiger partial charge in [-0.25, -0.2) is 9.78 Å². The number of likely N-dealkylation sites (tertiary alicyclic amines) is 1. The molecule has 6 rings (SSSR count). The second-order valence-corrected chi connectivity index (χ2v) is 11.2. The summed E-state index contributed by atoms with van der Waals surface area (Å²) < 4.78 is 10.7. The third-order valence-corrected chi connectivity index (χ3v) is 8.80. The molecule has 40 heavy (non-hydrogen) atoms. The van der Waals surface area contributed by atoms with Gasteiger partial charge in [0.15, 0.2) is 0 Å². The Morgan fingerprint density at radius 2 is 1.80 bits per heavy atom. The van der Waals surface area contributed by atoms with Crippen LogP contribution in [0.25, 0.3) is 10.2 Å². The second kappa shape index (κ2) is 11.3. The zero-order chi connectivity index (χ0) is 27.6. The van der Waals surface area contributed by atoms with Crippen LogP contribution in [0.3, 0.4) is 0 Å². The van der Waals surface area contributed by atoms with E-state index in [-0.39, 0.29) is 5.97 Å². The van der Waals surface area contributed by atoms with E-state index in [4.69, 9.17) is 19.4 Å². The fourth-order valence-corrected chi connectivity index (χ4v) is 6.45. The average molecular weight is 559 g/mol. The summed E-state index contributed by atoms with van der Waals surface area (Å²) >= 11 is 1.57. The molecule has 2 fully saturated rings. The lowest BCUT2D eigenvalue weighted by atomic mass is 9.99. The number of rotatable bonds is 8. The minimum Gasteiger partial charge on any atom is -0.495 e. The number of fused-ring (bicyclic) bond motifs is 1. The normalized spacial score (nSPS) is 16.0. The lowest BCUT2D eigenvalue weighted by Gasteiger charge is -2.43. The number of nitrogens with zero attached hydrogens (tertiary/aromatic N) is 4. The molecule has 2 N–H and O–H groups in total. The summed E-state index contributed by atoms with van der Waals surface area (Å²) in [5, 5.41) is 9.79. The Morgan fingerprint density at radius 1 is 1.00 bits per heavy atom. The maximum absolute atomic E-state index is 12.0. The van der Waals surface area contributed by atoms with Gasteiger partial charge in [0.2, 0.25) is 5.95 Å². The number of benzene rings is 2. The Labute approximate surface area is 238 Å². The minimum absolute atomic E-state index is 0.386. The summed E-state index contributed by atoms with van der Waals surface area (Å²) in [4.78, 5) is 27.6. The molecule has 10 heteroatoms. The maximum Gasteiger partial charge on any atom is 0.337 e. The van der Waals surface area contributed by atoms with Crippen molar-refractivity contribution in [2.24, 2.45) is 0 Å². The summed E-state index contributed by atoms with van der Waals surface area (Å²) in [6.45, 7) is 6.62. The molecule has 2 aromatic heterocycles. The summed E-state index contributed by atoms with van der Waals surface area (Å²) in [5.41, 5.74) is 4.26. The van der Waals surface area contributed by atoms with Crippen LogP contribution in [0.4, 0.5) is 28.8 Å². The van der Waals surface area contributed by atoms with Gasteiger partial charge in [-0.05, 0) is 80.6 Å². The average Bonchev–Trinajstić information content (AvgIpc) is 3.32. The molecule has 0 atom stereocenters. The zero-order valence-corrected chi connectivity index (χ0v) is 23.9. The molecule has 0 unspecified atom stereocenters. The van der Waals surface area contributed by atoms with Crippen molar-refractivity contribution < 1.29 is 14.3 Å². The number of esters is 1. The molecule has 0 amide bonds. The molecule has 0 bridgehead atoms. The van der Waals surface area contributed by atoms with Gasteiger partial charge in [-0.15, -0.1) is 11.3 Å². The van der Waals surface area contributed by atoms with Crippen LogP contribution in [0, 0.1) is 6.92 Å². The second-order valence-electron chi connectivity index (χ2n) is 10.3. The molecular weight excluding hydrogens is 524 g/mol. The van der Waals surface area contributed by atoms with Gasteiger partial charge in [-0.2, -0.15) is 4.98 Å². The van der Waals surface area contributed by atoms with E-state index in [2.05, 4.69) is 37.9 Å². The molecule has 0 saturated carbocycles. The molecule has 2 saturated heterocycles. The van der Waals surface area contributed by atoms with Crippen molar-refractivity contribution in [3.8, 4) is 5.75 Å². The van der Waals surface area contributed by atoms with Gasteiger partial charge in [-0.1, -0.05) is 6.07 Å². The standard InChI is InChI=1S/C30H34N6O3S/c1-19-18-40-28-26(19)27(31-21-7-4-6-20(16-21)29(37)39-3)33-30(34-28)32-22-8-9-24(25(17-22)38-2)36-14-10-23(11-15-36)35-12-5-13-35/h4,6-9,16-18,23H,5,10-15H2,1-3H3,(H2,31,32,33,34). The minimum atomic E-state index is -0.386. The van der Waals surface area contributed by atoms with Crippen molar-refractivity contribution in [2.75, 3.05) is 55.9 Å². The molecular formula is C30H34N6O3S. The quantitative estimate of drug-likeness (QED) is 0.254. The highest BCUT2D eigenvalue weighted by molar-refractivity contribution is 7.17. The first kappa shape index (κ1) is 26.3. The molecule has 2 aliphatic rings. The van der Waals surface area contributed by atoms with E-state index in [0.29, 0.717) is 17.3 Å². The number of piperidine rings is 1. The lowest BCUT2D eigenvalue weighted by molar-refractivity contribution is 0.0601. The smallest absolute Gasteiger partial charge is 0.337 e. The largest absolute Gasteiger partial charge is 0.495 e. The molecule has 0 radical (unpaired) electrons. The molecule has 2 aliphatic heterocycles. The predicted molar refractivity (Wildman–Crippen MR) is 161 cm³/mol. The topological polar surface area (TPSA) is 91.8 Å². The van der Waals surface area contributed by atoms with Crippen LogP contribution in [-0.4, -0.2) is 67.3 Å². The predicted octanol–water partition coefficient (Wildman–Crippen LogP) is 5.96. The molecule has 4 heterocycles. The van der Waals surface area contributed by atoms with Gasteiger partial charge in [-0.3, -0.25) is 0 Å². The first-order valence-electron chi connectivity index (χ1n) is 13.7. The van der Waals surface area contributed by atoms with E-state index in [0.717, 1.165) is 57.7 Å². The first-order chi connectivity index (χ1) is 19.5. The zero-order valence-electron chi connectivity index (χ0n) is 23.1. The number of aryl methyl sites for hydroxylation is 1. The highest BCUT2D eigenvalue weighted by Gasteiger charge is 2.28. The van der Waals surface area contributed by atoms with Crippen LogP contribution >= 0.6 is 11.3 Å². The molecule has 2 aromatic carbocycles. The Bertz CT molecular complexity index is 1530. The van der Waals surface area contributed by atoms with Gasteiger partial charge in [0.1, 0.15) is 16.4 Å². The molecule has 0 aliphatic carbocycles. The third kappa shape index (κ3) is 5.29. The summed E-state index contributed by atoms with van der Waals surface area (Å²) in [6.07, 6.45) is 3.72. The Morgan fingerprint density at radius 3 is 2.52 bits per heavy atom. The highest BCUT2D eigenvalue weighted by Crippen LogP contribution is 2.36. The van der Waals surface area contributed by atoms with Crippen molar-refractivity contribution in [1.29, 1.82) is 0 Å². The number of carbonyl (C=O) groups excluding carboxylic acids is 1. The van der Waals surface area contributed by atoms with Crippen LogP contribution in [0.1, 0.15) is 35.2 Å². The van der Waals surface area contributed by atoms with Crippen molar-refractivity contribution in [3.05, 3.63) is 59.0 Å². The van der Waals surface area contributed by atoms with E-state index in [1.54, 1.807) is 30.6 Å². The van der Waals surface area contributed by atoms with E-state index >= 15 is 0 Å². The molecule has 4 aromatic rings. The van der Waals surface area contributed by atoms with Crippen LogP contribution in [0.2, 0.25) is 0 Å². The van der Waals surface area contributed by atoms with Crippen LogP contribution in [0.5, 0.6) is 5.75 Å². The number of thiophene rings is 1. The Hall–Kier alpha value is -3.89. The number of carbonyl (C=O) groups is 1. The third-order valence-electron chi connectivity index (χ3n) is 7.81. The number of methoxy groups -OCH3 is 2. The molecule has 0 spiro atoms. The van der Waals surface area contributed by atoms with Crippen molar-refractivity contribution in [2.45, 2.75) is 32.2 Å².